The number of ether oxygens (including phenoxy) is 1. The van der Waals surface area contributed by atoms with Gasteiger partial charge in [-0.2, -0.15) is 0 Å². The predicted molar refractivity (Wildman–Crippen MR) is 80.1 cm³/mol. The maximum absolute atomic E-state index is 5.89. The van der Waals surface area contributed by atoms with Gasteiger partial charge in [0.25, 0.3) is 0 Å². The normalized spacial score (nSPS) is 11.4. The molecule has 0 bridgehead atoms. The standard InChI is InChI=1S/C15H19N3O2/c1-10-8-12(11(2)20-10)9-17-15(16)18-13-6-4-5-7-14(13)19-3/h4-8H,9H2,1-3H3,(H3,16,17,18). The van der Waals surface area contributed by atoms with E-state index in [2.05, 4.69) is 10.3 Å². The summed E-state index contributed by atoms with van der Waals surface area (Å²) in [7, 11) is 1.62. The minimum absolute atomic E-state index is 0.341. The van der Waals surface area contributed by atoms with Crippen LogP contribution >= 0.6 is 0 Å². The van der Waals surface area contributed by atoms with Gasteiger partial charge < -0.3 is 20.2 Å². The number of methoxy groups -OCH3 is 1. The van der Waals surface area contributed by atoms with Crippen LogP contribution in [0.15, 0.2) is 39.7 Å². The molecule has 0 unspecified atom stereocenters. The van der Waals surface area contributed by atoms with Crippen LogP contribution in [0.5, 0.6) is 5.75 Å². The molecule has 2 aromatic rings. The second kappa shape index (κ2) is 6.14. The lowest BCUT2D eigenvalue weighted by atomic mass is 10.2. The largest absolute Gasteiger partial charge is 0.495 e. The van der Waals surface area contributed by atoms with Crippen LogP contribution in [0.3, 0.4) is 0 Å². The monoisotopic (exact) mass is 273 g/mol. The lowest BCUT2D eigenvalue weighted by Crippen LogP contribution is -2.22. The topological polar surface area (TPSA) is 72.8 Å². The molecule has 0 aliphatic heterocycles. The molecule has 0 saturated carbocycles. The van der Waals surface area contributed by atoms with E-state index in [4.69, 9.17) is 14.9 Å². The molecule has 5 nitrogen and oxygen atoms in total. The number of aliphatic imine (C=N–C) groups is 1. The number of aryl methyl sites for hydroxylation is 2. The summed E-state index contributed by atoms with van der Waals surface area (Å²) in [5.74, 6) is 2.81. The molecule has 0 atom stereocenters. The van der Waals surface area contributed by atoms with E-state index in [-0.39, 0.29) is 0 Å². The molecule has 1 aromatic heterocycles. The molecule has 5 heteroatoms. The number of benzene rings is 1. The van der Waals surface area contributed by atoms with Crippen molar-refractivity contribution in [1.82, 2.24) is 0 Å². The second-order valence-corrected chi connectivity index (χ2v) is 4.47. The Morgan fingerprint density at radius 2 is 2.10 bits per heavy atom. The third kappa shape index (κ3) is 3.32. The zero-order chi connectivity index (χ0) is 14.5. The highest BCUT2D eigenvalue weighted by Crippen LogP contribution is 2.22. The van der Waals surface area contributed by atoms with Crippen molar-refractivity contribution in [3.63, 3.8) is 0 Å². The maximum Gasteiger partial charge on any atom is 0.193 e. The molecule has 1 heterocycles. The molecule has 20 heavy (non-hydrogen) atoms. The van der Waals surface area contributed by atoms with E-state index in [0.29, 0.717) is 12.5 Å². The minimum Gasteiger partial charge on any atom is -0.495 e. The first-order valence-electron chi connectivity index (χ1n) is 6.36. The molecule has 3 N–H and O–H groups in total. The Kier molecular flexibility index (Phi) is 4.30. The summed E-state index contributed by atoms with van der Waals surface area (Å²) in [6.07, 6.45) is 0. The summed E-state index contributed by atoms with van der Waals surface area (Å²) < 4.78 is 10.7. The predicted octanol–water partition coefficient (Wildman–Crippen LogP) is 2.83. The van der Waals surface area contributed by atoms with Gasteiger partial charge in [-0.25, -0.2) is 4.99 Å². The van der Waals surface area contributed by atoms with Crippen molar-refractivity contribution in [3.8, 4) is 5.75 Å². The fourth-order valence-electron chi connectivity index (χ4n) is 1.94. The highest BCUT2D eigenvalue weighted by Gasteiger charge is 2.05. The molecule has 0 amide bonds. The summed E-state index contributed by atoms with van der Waals surface area (Å²) in [6.45, 7) is 4.31. The molecule has 0 aliphatic carbocycles. The van der Waals surface area contributed by atoms with Crippen LogP contribution in [-0.4, -0.2) is 13.1 Å². The number of rotatable bonds is 4. The van der Waals surface area contributed by atoms with Crippen molar-refractivity contribution in [1.29, 1.82) is 0 Å². The smallest absolute Gasteiger partial charge is 0.193 e. The summed E-state index contributed by atoms with van der Waals surface area (Å²) in [4.78, 5) is 4.31. The van der Waals surface area contributed by atoms with Gasteiger partial charge in [0.15, 0.2) is 5.96 Å². The lowest BCUT2D eigenvalue weighted by Gasteiger charge is -2.09. The fraction of sp³-hybridized carbons (Fsp3) is 0.267. The summed E-state index contributed by atoms with van der Waals surface area (Å²) in [6, 6.07) is 9.51. The van der Waals surface area contributed by atoms with E-state index in [1.807, 2.05) is 44.2 Å². The zero-order valence-electron chi connectivity index (χ0n) is 11.9. The number of furan rings is 1. The van der Waals surface area contributed by atoms with Crippen molar-refractivity contribution >= 4 is 11.6 Å². The van der Waals surface area contributed by atoms with Gasteiger partial charge in [0.05, 0.1) is 19.3 Å². The van der Waals surface area contributed by atoms with E-state index in [1.165, 1.54) is 0 Å². The Morgan fingerprint density at radius 3 is 2.75 bits per heavy atom. The Morgan fingerprint density at radius 1 is 1.35 bits per heavy atom. The van der Waals surface area contributed by atoms with Crippen LogP contribution < -0.4 is 15.8 Å². The Bertz CT molecular complexity index is 617. The summed E-state index contributed by atoms with van der Waals surface area (Å²) in [5, 5.41) is 3.03. The zero-order valence-corrected chi connectivity index (χ0v) is 11.9. The first-order chi connectivity index (χ1) is 9.60. The van der Waals surface area contributed by atoms with E-state index < -0.39 is 0 Å². The number of nitrogens with zero attached hydrogens (tertiary/aromatic N) is 1. The van der Waals surface area contributed by atoms with Crippen LogP contribution in [-0.2, 0) is 6.54 Å². The Balaban J connectivity index is 2.06. The molecule has 0 radical (unpaired) electrons. The van der Waals surface area contributed by atoms with E-state index in [1.54, 1.807) is 7.11 Å². The van der Waals surface area contributed by atoms with Crippen LogP contribution in [0, 0.1) is 13.8 Å². The summed E-state index contributed by atoms with van der Waals surface area (Å²) >= 11 is 0. The van der Waals surface area contributed by atoms with Crippen molar-refractivity contribution in [3.05, 3.63) is 47.4 Å². The number of nitrogens with one attached hydrogen (secondary N) is 1. The third-order valence-corrected chi connectivity index (χ3v) is 2.93. The number of guanidine groups is 1. The van der Waals surface area contributed by atoms with Gasteiger partial charge in [0, 0.05) is 5.56 Å². The van der Waals surface area contributed by atoms with Crippen molar-refractivity contribution in [2.45, 2.75) is 20.4 Å². The van der Waals surface area contributed by atoms with Gasteiger partial charge in [0.2, 0.25) is 0 Å². The van der Waals surface area contributed by atoms with Crippen molar-refractivity contribution in [2.75, 3.05) is 12.4 Å². The third-order valence-electron chi connectivity index (χ3n) is 2.93. The molecule has 2 rings (SSSR count). The second-order valence-electron chi connectivity index (χ2n) is 4.47. The van der Waals surface area contributed by atoms with Crippen LogP contribution in [0.25, 0.3) is 0 Å². The van der Waals surface area contributed by atoms with E-state index in [9.17, 15) is 0 Å². The molecule has 1 aromatic carbocycles. The maximum atomic E-state index is 5.89. The van der Waals surface area contributed by atoms with Gasteiger partial charge in [0.1, 0.15) is 17.3 Å². The van der Waals surface area contributed by atoms with Gasteiger partial charge in [-0.1, -0.05) is 12.1 Å². The van der Waals surface area contributed by atoms with Crippen LogP contribution in [0.1, 0.15) is 17.1 Å². The molecule has 0 fully saturated rings. The number of anilines is 1. The number of hydrogen-bond acceptors (Lipinski definition) is 3. The number of hydrogen-bond donors (Lipinski definition) is 2. The average molecular weight is 273 g/mol. The highest BCUT2D eigenvalue weighted by molar-refractivity contribution is 5.93. The van der Waals surface area contributed by atoms with E-state index in [0.717, 1.165) is 28.5 Å². The quantitative estimate of drug-likeness (QED) is 0.663. The Labute approximate surface area is 118 Å². The fourth-order valence-corrected chi connectivity index (χ4v) is 1.94. The molecular weight excluding hydrogens is 254 g/mol. The van der Waals surface area contributed by atoms with Crippen LogP contribution in [0.4, 0.5) is 5.69 Å². The Hall–Kier alpha value is -2.43. The summed E-state index contributed by atoms with van der Waals surface area (Å²) in [5.41, 5.74) is 7.71. The first kappa shape index (κ1) is 14.0. The number of para-hydroxylation sites is 2. The van der Waals surface area contributed by atoms with Gasteiger partial charge in [-0.15, -0.1) is 0 Å². The average Bonchev–Trinajstić information content (AvgIpc) is 2.75. The van der Waals surface area contributed by atoms with Gasteiger partial charge in [-0.3, -0.25) is 0 Å². The van der Waals surface area contributed by atoms with Crippen molar-refractivity contribution in [2.24, 2.45) is 10.7 Å². The van der Waals surface area contributed by atoms with Gasteiger partial charge in [-0.05, 0) is 32.0 Å². The molecular formula is C15H19N3O2. The molecule has 0 spiro atoms. The molecule has 0 saturated heterocycles. The highest BCUT2D eigenvalue weighted by atomic mass is 16.5. The number of nitrogens with two attached hydrogens (primary N) is 1. The molecule has 0 aliphatic rings. The minimum atomic E-state index is 0.341. The van der Waals surface area contributed by atoms with Gasteiger partial charge >= 0.3 is 0 Å². The SMILES string of the molecule is COc1ccccc1NC(N)=NCc1cc(C)oc1C. The molecule has 106 valence electrons. The van der Waals surface area contributed by atoms with Crippen LogP contribution in [0.2, 0.25) is 0 Å². The lowest BCUT2D eigenvalue weighted by molar-refractivity contribution is 0.417. The van der Waals surface area contributed by atoms with Crippen molar-refractivity contribution < 1.29 is 9.15 Å². The van der Waals surface area contributed by atoms with E-state index >= 15 is 0 Å². The first-order valence-corrected chi connectivity index (χ1v) is 6.36.